The second kappa shape index (κ2) is 6.79. The first-order chi connectivity index (χ1) is 11.5. The molecule has 0 radical (unpaired) electrons. The molecule has 0 unspecified atom stereocenters. The van der Waals surface area contributed by atoms with Gasteiger partial charge in [-0.15, -0.1) is 0 Å². The zero-order valence-electron chi connectivity index (χ0n) is 14.9. The largest absolute Gasteiger partial charge is 0.326 e. The van der Waals surface area contributed by atoms with Crippen LogP contribution in [0.25, 0.3) is 0 Å². The first-order valence-corrected chi connectivity index (χ1v) is 9.22. The normalized spacial score (nSPS) is 11.9. The maximum absolute atomic E-state index is 12.5. The van der Waals surface area contributed by atoms with Crippen LogP contribution >= 0.6 is 0 Å². The quantitative estimate of drug-likeness (QED) is 0.871. The van der Waals surface area contributed by atoms with Crippen LogP contribution in [0.15, 0.2) is 35.2 Å². The summed E-state index contributed by atoms with van der Waals surface area (Å²) in [6.07, 6.45) is 0. The Bertz CT molecular complexity index is 865. The molecule has 2 N–H and O–H groups in total. The first kappa shape index (κ1) is 18.9. The van der Waals surface area contributed by atoms with Gasteiger partial charge in [-0.05, 0) is 38.1 Å². The third kappa shape index (κ3) is 4.99. The molecule has 0 aliphatic carbocycles. The van der Waals surface area contributed by atoms with Crippen LogP contribution in [0.3, 0.4) is 0 Å². The summed E-state index contributed by atoms with van der Waals surface area (Å²) in [4.78, 5) is 20.2. The Hall–Kier alpha value is -2.48. The summed E-state index contributed by atoms with van der Waals surface area (Å²) in [5.41, 5.74) is 0.674. The van der Waals surface area contributed by atoms with Crippen molar-refractivity contribution >= 4 is 27.4 Å². The maximum Gasteiger partial charge on any atom is 0.263 e. The first-order valence-electron chi connectivity index (χ1n) is 7.74. The molecule has 8 heteroatoms. The van der Waals surface area contributed by atoms with E-state index in [1.807, 2.05) is 0 Å². The van der Waals surface area contributed by atoms with Gasteiger partial charge in [-0.2, -0.15) is 0 Å². The number of rotatable bonds is 4. The molecule has 1 aromatic heterocycles. The minimum atomic E-state index is -3.77. The molecule has 25 heavy (non-hydrogen) atoms. The lowest BCUT2D eigenvalue weighted by Crippen LogP contribution is -2.27. The van der Waals surface area contributed by atoms with Crippen LogP contribution in [-0.2, 0) is 14.8 Å². The van der Waals surface area contributed by atoms with E-state index in [1.165, 1.54) is 12.1 Å². The fourth-order valence-corrected chi connectivity index (χ4v) is 2.99. The summed E-state index contributed by atoms with van der Waals surface area (Å²) in [5.74, 6) is 0.557. The SMILES string of the molecule is Cc1cc(NS(=O)(=O)c2ccc(NC(=O)C(C)(C)C)cc2)nc(C)n1. The highest BCUT2D eigenvalue weighted by Crippen LogP contribution is 2.20. The van der Waals surface area contributed by atoms with Crippen molar-refractivity contribution in [1.82, 2.24) is 9.97 Å². The molecule has 0 bridgehead atoms. The molecule has 7 nitrogen and oxygen atoms in total. The highest BCUT2D eigenvalue weighted by molar-refractivity contribution is 7.92. The van der Waals surface area contributed by atoms with Crippen molar-refractivity contribution in [2.24, 2.45) is 5.41 Å². The molecule has 2 aromatic rings. The summed E-state index contributed by atoms with van der Waals surface area (Å²) in [6.45, 7) is 8.86. The Kier molecular flexibility index (Phi) is 5.12. The van der Waals surface area contributed by atoms with Gasteiger partial charge in [0.2, 0.25) is 5.91 Å². The summed E-state index contributed by atoms with van der Waals surface area (Å²) in [6, 6.07) is 7.52. The summed E-state index contributed by atoms with van der Waals surface area (Å²) in [7, 11) is -3.77. The molecular weight excluding hydrogens is 340 g/mol. The highest BCUT2D eigenvalue weighted by Gasteiger charge is 2.21. The molecule has 2 rings (SSSR count). The molecule has 0 aliphatic rings. The number of nitrogens with zero attached hydrogens (tertiary/aromatic N) is 2. The third-order valence-electron chi connectivity index (χ3n) is 3.31. The minimum absolute atomic E-state index is 0.0789. The molecule has 0 spiro atoms. The van der Waals surface area contributed by atoms with Crippen LogP contribution in [0.4, 0.5) is 11.5 Å². The summed E-state index contributed by atoms with van der Waals surface area (Å²) >= 11 is 0. The van der Waals surface area contributed by atoms with Gasteiger partial charge in [-0.3, -0.25) is 9.52 Å². The topological polar surface area (TPSA) is 101 Å². The van der Waals surface area contributed by atoms with E-state index in [1.54, 1.807) is 52.8 Å². The molecule has 0 saturated heterocycles. The fourth-order valence-electron chi connectivity index (χ4n) is 2.00. The Morgan fingerprint density at radius 1 is 1.04 bits per heavy atom. The molecule has 0 saturated carbocycles. The Morgan fingerprint density at radius 2 is 1.64 bits per heavy atom. The lowest BCUT2D eigenvalue weighted by atomic mass is 9.95. The number of sulfonamides is 1. The second-order valence-electron chi connectivity index (χ2n) is 6.78. The fraction of sp³-hybridized carbons (Fsp3) is 0.353. The average molecular weight is 362 g/mol. The van der Waals surface area contributed by atoms with Crippen molar-refractivity contribution < 1.29 is 13.2 Å². The number of hydrogen-bond donors (Lipinski definition) is 2. The average Bonchev–Trinajstić information content (AvgIpc) is 2.45. The van der Waals surface area contributed by atoms with E-state index in [0.717, 1.165) is 0 Å². The van der Waals surface area contributed by atoms with Gasteiger partial charge >= 0.3 is 0 Å². The number of carbonyl (C=O) groups excluding carboxylic acids is 1. The van der Waals surface area contributed by atoms with Gasteiger partial charge < -0.3 is 5.32 Å². The predicted molar refractivity (Wildman–Crippen MR) is 96.8 cm³/mol. The van der Waals surface area contributed by atoms with E-state index in [2.05, 4.69) is 20.0 Å². The number of anilines is 2. The van der Waals surface area contributed by atoms with Crippen LogP contribution in [-0.4, -0.2) is 24.3 Å². The standard InChI is InChI=1S/C17H22N4O3S/c1-11-10-15(19-12(2)18-11)21-25(23,24)14-8-6-13(7-9-14)20-16(22)17(3,4)5/h6-10H,1-5H3,(H,20,22)(H,18,19,21). The van der Waals surface area contributed by atoms with Crippen LogP contribution in [0, 0.1) is 19.3 Å². The van der Waals surface area contributed by atoms with Crippen molar-refractivity contribution in [1.29, 1.82) is 0 Å². The van der Waals surface area contributed by atoms with E-state index < -0.39 is 15.4 Å². The van der Waals surface area contributed by atoms with Crippen LogP contribution in [0.1, 0.15) is 32.3 Å². The zero-order chi connectivity index (χ0) is 18.8. The van der Waals surface area contributed by atoms with Gasteiger partial charge in [0.05, 0.1) is 4.90 Å². The third-order valence-corrected chi connectivity index (χ3v) is 4.68. The number of nitrogens with one attached hydrogen (secondary N) is 2. The monoisotopic (exact) mass is 362 g/mol. The number of carbonyl (C=O) groups is 1. The van der Waals surface area contributed by atoms with Crippen molar-refractivity contribution in [2.75, 3.05) is 10.0 Å². The maximum atomic E-state index is 12.5. The smallest absolute Gasteiger partial charge is 0.263 e. The summed E-state index contributed by atoms with van der Waals surface area (Å²) < 4.78 is 27.4. The van der Waals surface area contributed by atoms with Gasteiger partial charge in [0, 0.05) is 22.9 Å². The molecular formula is C17H22N4O3S. The second-order valence-corrected chi connectivity index (χ2v) is 8.46. The van der Waals surface area contributed by atoms with Crippen LogP contribution < -0.4 is 10.0 Å². The molecule has 1 heterocycles. The Morgan fingerprint density at radius 3 is 2.16 bits per heavy atom. The Labute approximate surface area is 148 Å². The van der Waals surface area contributed by atoms with Gasteiger partial charge in [-0.1, -0.05) is 20.8 Å². The lowest BCUT2D eigenvalue weighted by Gasteiger charge is -2.17. The summed E-state index contributed by atoms with van der Waals surface area (Å²) in [5, 5.41) is 2.75. The molecule has 0 fully saturated rings. The highest BCUT2D eigenvalue weighted by atomic mass is 32.2. The van der Waals surface area contributed by atoms with Gasteiger partial charge in [0.1, 0.15) is 11.6 Å². The van der Waals surface area contributed by atoms with Gasteiger partial charge in [0.25, 0.3) is 10.0 Å². The van der Waals surface area contributed by atoms with E-state index >= 15 is 0 Å². The predicted octanol–water partition coefficient (Wildman–Crippen LogP) is 2.88. The van der Waals surface area contributed by atoms with Crippen LogP contribution in [0.5, 0.6) is 0 Å². The minimum Gasteiger partial charge on any atom is -0.326 e. The van der Waals surface area contributed by atoms with Crippen LogP contribution in [0.2, 0.25) is 0 Å². The molecule has 1 aromatic carbocycles. The van der Waals surface area contributed by atoms with E-state index in [0.29, 0.717) is 17.2 Å². The number of aromatic nitrogens is 2. The zero-order valence-corrected chi connectivity index (χ0v) is 15.7. The van der Waals surface area contributed by atoms with Crippen molar-refractivity contribution in [3.8, 4) is 0 Å². The van der Waals surface area contributed by atoms with E-state index in [4.69, 9.17) is 0 Å². The molecule has 134 valence electrons. The van der Waals surface area contributed by atoms with Crippen molar-refractivity contribution in [3.63, 3.8) is 0 Å². The number of aryl methyl sites for hydroxylation is 2. The number of hydrogen-bond acceptors (Lipinski definition) is 5. The molecule has 0 atom stereocenters. The van der Waals surface area contributed by atoms with E-state index in [9.17, 15) is 13.2 Å². The Balaban J connectivity index is 2.19. The van der Waals surface area contributed by atoms with Gasteiger partial charge in [-0.25, -0.2) is 18.4 Å². The number of benzene rings is 1. The van der Waals surface area contributed by atoms with E-state index in [-0.39, 0.29) is 16.6 Å². The number of amides is 1. The van der Waals surface area contributed by atoms with Gasteiger partial charge in [0.15, 0.2) is 0 Å². The van der Waals surface area contributed by atoms with Crippen molar-refractivity contribution in [2.45, 2.75) is 39.5 Å². The lowest BCUT2D eigenvalue weighted by molar-refractivity contribution is -0.123. The van der Waals surface area contributed by atoms with Crippen molar-refractivity contribution in [3.05, 3.63) is 41.9 Å². The molecule has 1 amide bonds. The molecule has 0 aliphatic heterocycles.